The molecule has 0 unspecified atom stereocenters. The minimum absolute atomic E-state index is 0.203. The summed E-state index contributed by atoms with van der Waals surface area (Å²) in [5.74, 6) is 0. The summed E-state index contributed by atoms with van der Waals surface area (Å²) < 4.78 is 1.96. The monoisotopic (exact) mass is 382 g/mol. The van der Waals surface area contributed by atoms with E-state index in [1.54, 1.807) is 0 Å². The molecule has 3 N–H and O–H groups in total. The molecule has 0 bridgehead atoms. The number of pyridine rings is 1. The van der Waals surface area contributed by atoms with Crippen LogP contribution in [-0.2, 0) is 11.4 Å². The lowest BCUT2D eigenvalue weighted by molar-refractivity contribution is -0.0515. The van der Waals surface area contributed by atoms with E-state index in [0.29, 0.717) is 6.04 Å². The molecule has 4 heterocycles. The summed E-state index contributed by atoms with van der Waals surface area (Å²) in [4.78, 5) is 10.8. The molecular formula is C21H30N6O. The first-order valence-electron chi connectivity index (χ1n) is 10.8. The fourth-order valence-corrected chi connectivity index (χ4v) is 4.78. The number of aromatic nitrogens is 3. The molecule has 150 valence electrons. The van der Waals surface area contributed by atoms with Crippen LogP contribution in [0.25, 0.3) is 16.7 Å². The third-order valence-corrected chi connectivity index (χ3v) is 6.43. The van der Waals surface area contributed by atoms with Gasteiger partial charge in [-0.3, -0.25) is 10.3 Å². The van der Waals surface area contributed by atoms with Crippen molar-refractivity contribution in [3.63, 3.8) is 0 Å². The van der Waals surface area contributed by atoms with Crippen LogP contribution in [0.3, 0.4) is 0 Å². The number of rotatable bonds is 4. The number of aryl methyl sites for hydroxylation is 1. The molecule has 0 aromatic carbocycles. The topological polar surface area (TPSA) is 76.0 Å². The van der Waals surface area contributed by atoms with Crippen molar-refractivity contribution in [2.45, 2.75) is 70.1 Å². The Kier molecular flexibility index (Phi) is 4.72. The zero-order valence-electron chi connectivity index (χ0n) is 16.6. The van der Waals surface area contributed by atoms with Gasteiger partial charge in [-0.2, -0.15) is 5.10 Å². The van der Waals surface area contributed by atoms with E-state index in [0.717, 1.165) is 60.5 Å². The Bertz CT molecular complexity index is 876. The minimum Gasteiger partial charge on any atom is -0.381 e. The molecule has 7 nitrogen and oxygen atoms in total. The van der Waals surface area contributed by atoms with E-state index in [-0.39, 0.29) is 5.60 Å². The molecule has 0 atom stereocenters. The zero-order chi connectivity index (χ0) is 19.0. The second-order valence-electron chi connectivity index (χ2n) is 8.30. The van der Waals surface area contributed by atoms with E-state index >= 15 is 0 Å². The number of hydroxylamine groups is 1. The van der Waals surface area contributed by atoms with Gasteiger partial charge in [0.1, 0.15) is 5.60 Å². The fraction of sp³-hybridized carbons (Fsp3) is 0.619. The lowest BCUT2D eigenvalue weighted by Gasteiger charge is -2.29. The van der Waals surface area contributed by atoms with Crippen LogP contribution in [0, 0.1) is 0 Å². The first-order valence-corrected chi connectivity index (χ1v) is 10.8. The molecule has 2 aromatic rings. The lowest BCUT2D eigenvalue weighted by atomic mass is 9.91. The van der Waals surface area contributed by atoms with Crippen LogP contribution in [0.1, 0.15) is 57.4 Å². The fourth-order valence-electron chi connectivity index (χ4n) is 4.78. The average molecular weight is 383 g/mol. The van der Waals surface area contributed by atoms with Gasteiger partial charge in [0.25, 0.3) is 0 Å². The molecule has 0 amide bonds. The third kappa shape index (κ3) is 3.16. The van der Waals surface area contributed by atoms with Gasteiger partial charge in [-0.15, -0.1) is 0 Å². The van der Waals surface area contributed by atoms with E-state index in [4.69, 9.17) is 9.82 Å². The summed E-state index contributed by atoms with van der Waals surface area (Å²) in [5, 5.41) is 12.9. The summed E-state index contributed by atoms with van der Waals surface area (Å²) in [6, 6.07) is 0.513. The number of hydrogen-bond donors (Lipinski definition) is 3. The SMILES string of the molecule is CCn1ncc2c(NC3CCCCC3)c(C3=CC4(CCNCC4)ON3)cnc21. The van der Waals surface area contributed by atoms with E-state index in [9.17, 15) is 0 Å². The molecule has 2 aromatic heterocycles. The maximum absolute atomic E-state index is 6.07. The van der Waals surface area contributed by atoms with E-state index in [1.807, 2.05) is 17.1 Å². The van der Waals surface area contributed by atoms with Gasteiger partial charge in [-0.05, 0) is 51.8 Å². The number of nitrogens with zero attached hydrogens (tertiary/aromatic N) is 3. The molecule has 2 aliphatic heterocycles. The molecule has 2 fully saturated rings. The van der Waals surface area contributed by atoms with Gasteiger partial charge in [0.2, 0.25) is 0 Å². The van der Waals surface area contributed by atoms with Crippen molar-refractivity contribution < 1.29 is 4.84 Å². The number of nitrogens with one attached hydrogen (secondary N) is 3. The Morgan fingerprint density at radius 3 is 2.82 bits per heavy atom. The minimum atomic E-state index is -0.203. The van der Waals surface area contributed by atoms with Crippen molar-refractivity contribution in [3.05, 3.63) is 24.0 Å². The summed E-state index contributed by atoms with van der Waals surface area (Å²) in [7, 11) is 0. The Balaban J connectivity index is 1.55. The third-order valence-electron chi connectivity index (χ3n) is 6.43. The zero-order valence-corrected chi connectivity index (χ0v) is 16.6. The van der Waals surface area contributed by atoms with Crippen LogP contribution in [-0.4, -0.2) is 39.5 Å². The van der Waals surface area contributed by atoms with Gasteiger partial charge in [-0.1, -0.05) is 19.3 Å². The molecule has 1 saturated heterocycles. The van der Waals surface area contributed by atoms with Gasteiger partial charge in [-0.25, -0.2) is 9.67 Å². The number of anilines is 1. The van der Waals surface area contributed by atoms with E-state index in [1.165, 1.54) is 32.1 Å². The Labute approximate surface area is 165 Å². The normalized spacial score (nSPS) is 22.4. The van der Waals surface area contributed by atoms with Crippen LogP contribution >= 0.6 is 0 Å². The standard InChI is InChI=1S/C21H30N6O/c1-2-27-20-17(14-24-27)19(25-15-6-4-3-5-7-15)16(13-23-20)18-12-21(28-26-18)8-10-22-11-9-21/h12-15,22,26H,2-11H2,1H3,(H,23,25). The van der Waals surface area contributed by atoms with Crippen LogP contribution in [0.4, 0.5) is 5.69 Å². The molecular weight excluding hydrogens is 352 g/mol. The summed E-state index contributed by atoms with van der Waals surface area (Å²) in [6.07, 6.45) is 14.6. The van der Waals surface area contributed by atoms with Crippen molar-refractivity contribution in [1.82, 2.24) is 25.6 Å². The van der Waals surface area contributed by atoms with Gasteiger partial charge in [0.15, 0.2) is 5.65 Å². The molecule has 7 heteroatoms. The van der Waals surface area contributed by atoms with Crippen molar-refractivity contribution >= 4 is 22.4 Å². The largest absolute Gasteiger partial charge is 0.381 e. The highest BCUT2D eigenvalue weighted by molar-refractivity contribution is 5.95. The molecule has 3 aliphatic rings. The van der Waals surface area contributed by atoms with Crippen LogP contribution < -0.4 is 16.1 Å². The molecule has 0 radical (unpaired) electrons. The predicted molar refractivity (Wildman–Crippen MR) is 111 cm³/mol. The Morgan fingerprint density at radius 1 is 1.21 bits per heavy atom. The number of fused-ring (bicyclic) bond motifs is 1. The quantitative estimate of drug-likeness (QED) is 0.754. The van der Waals surface area contributed by atoms with E-state index < -0.39 is 0 Å². The molecule has 1 spiro atoms. The Morgan fingerprint density at radius 2 is 2.04 bits per heavy atom. The van der Waals surface area contributed by atoms with Gasteiger partial charge < -0.3 is 10.6 Å². The maximum atomic E-state index is 6.07. The van der Waals surface area contributed by atoms with E-state index in [2.05, 4.69) is 34.2 Å². The van der Waals surface area contributed by atoms with Gasteiger partial charge >= 0.3 is 0 Å². The first kappa shape index (κ1) is 17.9. The first-order chi connectivity index (χ1) is 13.8. The smallest absolute Gasteiger partial charge is 0.159 e. The van der Waals surface area contributed by atoms with Gasteiger partial charge in [0.05, 0.1) is 23.0 Å². The lowest BCUT2D eigenvalue weighted by Crippen LogP contribution is -2.41. The number of hydrogen-bond acceptors (Lipinski definition) is 6. The maximum Gasteiger partial charge on any atom is 0.159 e. The predicted octanol–water partition coefficient (Wildman–Crippen LogP) is 3.19. The van der Waals surface area contributed by atoms with Crippen molar-refractivity contribution in [1.29, 1.82) is 0 Å². The van der Waals surface area contributed by atoms with Crippen LogP contribution in [0.2, 0.25) is 0 Å². The molecule has 1 aliphatic carbocycles. The van der Waals surface area contributed by atoms with Crippen molar-refractivity contribution in [3.8, 4) is 0 Å². The van der Waals surface area contributed by atoms with Crippen molar-refractivity contribution in [2.24, 2.45) is 0 Å². The molecule has 28 heavy (non-hydrogen) atoms. The molecule has 1 saturated carbocycles. The highest BCUT2D eigenvalue weighted by Crippen LogP contribution is 2.38. The van der Waals surface area contributed by atoms with Crippen LogP contribution in [0.15, 0.2) is 18.5 Å². The second-order valence-corrected chi connectivity index (χ2v) is 8.30. The highest BCUT2D eigenvalue weighted by Gasteiger charge is 2.37. The summed E-state index contributed by atoms with van der Waals surface area (Å²) in [5.41, 5.74) is 7.22. The Hall–Kier alpha value is -2.12. The highest BCUT2D eigenvalue weighted by atomic mass is 16.7. The molecule has 5 rings (SSSR count). The summed E-state index contributed by atoms with van der Waals surface area (Å²) in [6.45, 7) is 4.89. The van der Waals surface area contributed by atoms with Crippen LogP contribution in [0.5, 0.6) is 0 Å². The number of piperidine rings is 1. The summed E-state index contributed by atoms with van der Waals surface area (Å²) >= 11 is 0. The van der Waals surface area contributed by atoms with Gasteiger partial charge in [0, 0.05) is 24.3 Å². The van der Waals surface area contributed by atoms with Crippen molar-refractivity contribution in [2.75, 3.05) is 18.4 Å². The second kappa shape index (κ2) is 7.37. The average Bonchev–Trinajstić information content (AvgIpc) is 3.34.